The van der Waals surface area contributed by atoms with Crippen molar-refractivity contribution >= 4 is 27.5 Å². The number of carbonyl (C=O) groups excluding carboxylic acids is 1. The smallest absolute Gasteiger partial charge is 0.329 e. The minimum absolute atomic E-state index is 0.404. The van der Waals surface area contributed by atoms with Crippen molar-refractivity contribution in [1.29, 1.82) is 0 Å². The van der Waals surface area contributed by atoms with Crippen LogP contribution in [-0.4, -0.2) is 22.6 Å². The molecule has 0 spiro atoms. The van der Waals surface area contributed by atoms with Crippen LogP contribution in [0.2, 0.25) is 0 Å². The van der Waals surface area contributed by atoms with Crippen molar-refractivity contribution in [3.8, 4) is 10.4 Å². The molecule has 0 saturated heterocycles. The Labute approximate surface area is 128 Å². The lowest BCUT2D eigenvalue weighted by molar-refractivity contribution is -0.141. The van der Waals surface area contributed by atoms with Gasteiger partial charge < -0.3 is 9.72 Å². The van der Waals surface area contributed by atoms with E-state index < -0.39 is 23.8 Å². The molecule has 0 aliphatic carbocycles. The van der Waals surface area contributed by atoms with E-state index in [-0.39, 0.29) is 0 Å². The summed E-state index contributed by atoms with van der Waals surface area (Å²) in [6.07, 6.45) is 0. The van der Waals surface area contributed by atoms with Crippen molar-refractivity contribution in [3.05, 3.63) is 57.2 Å². The molecular formula is C15H12N2O4S. The Kier molecular flexibility index (Phi) is 3.64. The average Bonchev–Trinajstić information content (AvgIpc) is 2.96. The van der Waals surface area contributed by atoms with Crippen molar-refractivity contribution in [2.75, 3.05) is 7.11 Å². The highest BCUT2D eigenvalue weighted by molar-refractivity contribution is 7.22. The number of ether oxygens (including phenoxy) is 1. The van der Waals surface area contributed by atoms with Gasteiger partial charge in [-0.05, 0) is 11.6 Å². The molecule has 0 saturated carbocycles. The Morgan fingerprint density at radius 2 is 2.00 bits per heavy atom. The fraction of sp³-hybridized carbons (Fsp3) is 0.133. The summed E-state index contributed by atoms with van der Waals surface area (Å²) in [5, 5.41) is 0. The van der Waals surface area contributed by atoms with Crippen molar-refractivity contribution in [2.45, 2.75) is 6.54 Å². The molecule has 6 nitrogen and oxygen atoms in total. The predicted molar refractivity (Wildman–Crippen MR) is 84.2 cm³/mol. The molecule has 0 bridgehead atoms. The maximum absolute atomic E-state index is 12.4. The van der Waals surface area contributed by atoms with Crippen LogP contribution in [0.1, 0.15) is 0 Å². The molecule has 0 unspecified atom stereocenters. The van der Waals surface area contributed by atoms with E-state index in [4.69, 9.17) is 0 Å². The predicted octanol–water partition coefficient (Wildman–Crippen LogP) is 1.59. The molecule has 2 heterocycles. The molecule has 0 atom stereocenters. The number of nitrogens with one attached hydrogen (secondary N) is 1. The second kappa shape index (κ2) is 5.61. The number of H-pyrrole nitrogens is 1. The molecular weight excluding hydrogens is 304 g/mol. The molecule has 2 aromatic heterocycles. The van der Waals surface area contributed by atoms with Crippen LogP contribution in [0.25, 0.3) is 20.7 Å². The summed E-state index contributed by atoms with van der Waals surface area (Å²) in [6, 6.07) is 11.3. The van der Waals surface area contributed by atoms with Crippen LogP contribution in [0.4, 0.5) is 0 Å². The lowest BCUT2D eigenvalue weighted by Gasteiger charge is -2.02. The van der Waals surface area contributed by atoms with Gasteiger partial charge in [0.1, 0.15) is 11.2 Å². The van der Waals surface area contributed by atoms with E-state index >= 15 is 0 Å². The number of esters is 1. The van der Waals surface area contributed by atoms with Gasteiger partial charge >= 0.3 is 11.7 Å². The maximum atomic E-state index is 12.4. The summed E-state index contributed by atoms with van der Waals surface area (Å²) in [5.41, 5.74) is 0.320. The van der Waals surface area contributed by atoms with Crippen LogP contribution < -0.4 is 11.2 Å². The first-order valence-electron chi connectivity index (χ1n) is 6.49. The molecule has 1 N–H and O–H groups in total. The minimum atomic E-state index is -0.646. The largest absolute Gasteiger partial charge is 0.468 e. The number of aromatic nitrogens is 2. The number of benzene rings is 1. The Morgan fingerprint density at radius 1 is 1.27 bits per heavy atom. The molecule has 0 aliphatic rings. The minimum Gasteiger partial charge on any atom is -0.468 e. The van der Waals surface area contributed by atoms with Crippen molar-refractivity contribution in [3.63, 3.8) is 0 Å². The zero-order valence-electron chi connectivity index (χ0n) is 11.7. The number of carbonyl (C=O) groups is 1. The van der Waals surface area contributed by atoms with Crippen LogP contribution in [0.5, 0.6) is 0 Å². The third-order valence-corrected chi connectivity index (χ3v) is 4.40. The first-order chi connectivity index (χ1) is 10.6. The molecule has 0 fully saturated rings. The second-order valence-corrected chi connectivity index (χ2v) is 5.67. The molecule has 3 rings (SSSR count). The highest BCUT2D eigenvalue weighted by atomic mass is 32.1. The van der Waals surface area contributed by atoms with Crippen LogP contribution in [0.3, 0.4) is 0 Å². The summed E-state index contributed by atoms with van der Waals surface area (Å²) < 4.78 is 5.75. The van der Waals surface area contributed by atoms with Crippen molar-refractivity contribution < 1.29 is 9.53 Å². The van der Waals surface area contributed by atoms with E-state index in [0.29, 0.717) is 10.2 Å². The molecule has 0 radical (unpaired) electrons. The summed E-state index contributed by atoms with van der Waals surface area (Å²) >= 11 is 1.28. The van der Waals surface area contributed by atoms with Crippen LogP contribution in [-0.2, 0) is 16.1 Å². The number of hydrogen-bond donors (Lipinski definition) is 1. The van der Waals surface area contributed by atoms with Gasteiger partial charge in [-0.1, -0.05) is 30.3 Å². The van der Waals surface area contributed by atoms with Crippen LogP contribution >= 0.6 is 11.3 Å². The first-order valence-corrected chi connectivity index (χ1v) is 7.30. The lowest BCUT2D eigenvalue weighted by atomic mass is 10.2. The topological polar surface area (TPSA) is 81.2 Å². The summed E-state index contributed by atoms with van der Waals surface area (Å²) in [4.78, 5) is 39.2. The van der Waals surface area contributed by atoms with Gasteiger partial charge in [-0.3, -0.25) is 9.59 Å². The summed E-state index contributed by atoms with van der Waals surface area (Å²) in [5.74, 6) is -0.646. The lowest BCUT2D eigenvalue weighted by Crippen LogP contribution is -2.37. The number of nitrogens with zero attached hydrogens (tertiary/aromatic N) is 1. The zero-order valence-corrected chi connectivity index (χ0v) is 12.5. The van der Waals surface area contributed by atoms with Gasteiger partial charge in [0.25, 0.3) is 5.56 Å². The third kappa shape index (κ3) is 2.46. The fourth-order valence-electron chi connectivity index (χ4n) is 2.12. The standard InChI is InChI=1S/C15H12N2O4S/c1-21-12(18)8-17-14(19)13-10(16-15(17)20)7-11(22-13)9-5-3-2-4-6-9/h2-7H,8H2,1H3,(H,16,20). The normalized spacial score (nSPS) is 10.8. The highest BCUT2D eigenvalue weighted by Gasteiger charge is 2.14. The molecule has 0 aliphatic heterocycles. The van der Waals surface area contributed by atoms with Crippen molar-refractivity contribution in [2.24, 2.45) is 0 Å². The van der Waals surface area contributed by atoms with Gasteiger partial charge in [0.15, 0.2) is 0 Å². The van der Waals surface area contributed by atoms with Crippen LogP contribution in [0, 0.1) is 0 Å². The second-order valence-electron chi connectivity index (χ2n) is 4.62. The van der Waals surface area contributed by atoms with E-state index in [1.54, 1.807) is 6.07 Å². The van der Waals surface area contributed by atoms with Gasteiger partial charge in [-0.25, -0.2) is 9.36 Å². The Hall–Kier alpha value is -2.67. The molecule has 112 valence electrons. The third-order valence-electron chi connectivity index (χ3n) is 3.23. The van der Waals surface area contributed by atoms with E-state index in [0.717, 1.165) is 15.0 Å². The Balaban J connectivity index is 2.17. The van der Waals surface area contributed by atoms with Gasteiger partial charge in [-0.2, -0.15) is 0 Å². The van der Waals surface area contributed by atoms with E-state index in [2.05, 4.69) is 9.72 Å². The van der Waals surface area contributed by atoms with E-state index in [1.807, 2.05) is 30.3 Å². The summed E-state index contributed by atoms with van der Waals surface area (Å²) in [7, 11) is 1.21. The fourth-order valence-corrected chi connectivity index (χ4v) is 3.19. The van der Waals surface area contributed by atoms with Gasteiger partial charge in [-0.15, -0.1) is 11.3 Å². The number of fused-ring (bicyclic) bond motifs is 1. The molecule has 1 aromatic carbocycles. The van der Waals surface area contributed by atoms with Gasteiger partial charge in [0, 0.05) is 4.88 Å². The number of aromatic amines is 1. The molecule has 0 amide bonds. The SMILES string of the molecule is COC(=O)Cn1c(=O)[nH]c2cc(-c3ccccc3)sc2c1=O. The molecule has 22 heavy (non-hydrogen) atoms. The summed E-state index contributed by atoms with van der Waals surface area (Å²) in [6.45, 7) is -0.404. The quantitative estimate of drug-likeness (QED) is 0.744. The monoisotopic (exact) mass is 316 g/mol. The molecule has 3 aromatic rings. The highest BCUT2D eigenvalue weighted by Crippen LogP contribution is 2.30. The number of rotatable bonds is 3. The molecule has 7 heteroatoms. The average molecular weight is 316 g/mol. The van der Waals surface area contributed by atoms with E-state index in [1.165, 1.54) is 18.4 Å². The zero-order chi connectivity index (χ0) is 15.7. The van der Waals surface area contributed by atoms with Gasteiger partial charge in [0.05, 0.1) is 12.6 Å². The van der Waals surface area contributed by atoms with Gasteiger partial charge in [0.2, 0.25) is 0 Å². The van der Waals surface area contributed by atoms with Crippen LogP contribution in [0.15, 0.2) is 46.0 Å². The number of thiophene rings is 1. The van der Waals surface area contributed by atoms with Crippen molar-refractivity contribution in [1.82, 2.24) is 9.55 Å². The first kappa shape index (κ1) is 14.3. The number of hydrogen-bond acceptors (Lipinski definition) is 5. The van der Waals surface area contributed by atoms with E-state index in [9.17, 15) is 14.4 Å². The Morgan fingerprint density at radius 3 is 2.68 bits per heavy atom. The maximum Gasteiger partial charge on any atom is 0.329 e. The Bertz CT molecular complexity index is 953. The number of methoxy groups -OCH3 is 1.